The Balaban J connectivity index is 1.31. The van der Waals surface area contributed by atoms with E-state index in [-0.39, 0.29) is 6.79 Å². The fourth-order valence-electron chi connectivity index (χ4n) is 5.36. The van der Waals surface area contributed by atoms with Crippen LogP contribution >= 0.6 is 0 Å². The summed E-state index contributed by atoms with van der Waals surface area (Å²) in [5, 5.41) is 0. The molecule has 1 aliphatic rings. The molecular weight excluding hydrogens is 544 g/mol. The van der Waals surface area contributed by atoms with Gasteiger partial charge in [-0.1, -0.05) is 50.3 Å². The lowest BCUT2D eigenvalue weighted by molar-refractivity contribution is -0.144. The molecule has 7 nitrogen and oxygen atoms in total. The van der Waals surface area contributed by atoms with Crippen LogP contribution in [-0.4, -0.2) is 24.7 Å². The maximum atomic E-state index is 13.1. The number of hydrogen-bond donors (Lipinski definition) is 0. The minimum atomic E-state index is -0.588. The van der Waals surface area contributed by atoms with Crippen LogP contribution in [0, 0.1) is 20.8 Å². The molecule has 0 fully saturated rings. The van der Waals surface area contributed by atoms with E-state index in [9.17, 15) is 14.4 Å². The zero-order chi connectivity index (χ0) is 30.9. The number of carbonyl (C=O) groups is 3. The summed E-state index contributed by atoms with van der Waals surface area (Å²) in [5.74, 6) is -0.154. The van der Waals surface area contributed by atoms with Gasteiger partial charge in [-0.3, -0.25) is 0 Å². The Morgan fingerprint density at radius 1 is 0.698 bits per heavy atom. The van der Waals surface area contributed by atoms with E-state index in [0.717, 1.165) is 39.5 Å². The second kappa shape index (κ2) is 11.6. The molecule has 0 atom stereocenters. The predicted molar refractivity (Wildman–Crippen MR) is 163 cm³/mol. The molecular formula is C36H32O7. The third-order valence-electron chi connectivity index (χ3n) is 7.65. The van der Waals surface area contributed by atoms with Gasteiger partial charge in [-0.05, 0) is 103 Å². The molecule has 4 aromatic carbocycles. The molecule has 5 rings (SSSR count). The first-order chi connectivity index (χ1) is 20.5. The second-order valence-electron chi connectivity index (χ2n) is 11.0. The highest BCUT2D eigenvalue weighted by Gasteiger charge is 2.36. The van der Waals surface area contributed by atoms with Gasteiger partial charge in [0, 0.05) is 11.5 Å². The van der Waals surface area contributed by atoms with Gasteiger partial charge in [-0.2, -0.15) is 0 Å². The molecule has 0 saturated carbocycles. The molecule has 0 radical (unpaired) electrons. The van der Waals surface area contributed by atoms with Crippen LogP contribution in [0.4, 0.5) is 0 Å². The van der Waals surface area contributed by atoms with Gasteiger partial charge in [0.15, 0.2) is 0 Å². The molecule has 0 bridgehead atoms. The maximum absolute atomic E-state index is 13.1. The minimum Gasteiger partial charge on any atom is -0.457 e. The summed E-state index contributed by atoms with van der Waals surface area (Å²) in [6.45, 7) is 12.9. The average molecular weight is 577 g/mol. The van der Waals surface area contributed by atoms with E-state index in [1.165, 1.54) is 0 Å². The highest BCUT2D eigenvalue weighted by atomic mass is 16.7. The fraction of sp³-hybridized carbons (Fsp3) is 0.194. The Hall–Kier alpha value is -5.17. The van der Waals surface area contributed by atoms with E-state index in [4.69, 9.17) is 18.9 Å². The predicted octanol–water partition coefficient (Wildman–Crippen LogP) is 7.42. The second-order valence-corrected chi connectivity index (χ2v) is 11.0. The molecule has 0 aromatic heterocycles. The van der Waals surface area contributed by atoms with Crippen molar-refractivity contribution in [1.29, 1.82) is 0 Å². The first-order valence-corrected chi connectivity index (χ1v) is 13.8. The Labute approximate surface area is 250 Å². The Morgan fingerprint density at radius 2 is 1.21 bits per heavy atom. The summed E-state index contributed by atoms with van der Waals surface area (Å²) >= 11 is 0. The van der Waals surface area contributed by atoms with Gasteiger partial charge in [-0.15, -0.1) is 0 Å². The summed E-state index contributed by atoms with van der Waals surface area (Å²) in [5.41, 5.74) is 7.17. The molecule has 218 valence electrons. The van der Waals surface area contributed by atoms with Crippen molar-refractivity contribution in [3.8, 4) is 28.4 Å². The smallest absolute Gasteiger partial charge is 0.343 e. The number of aryl methyl sites for hydroxylation is 3. The van der Waals surface area contributed by atoms with Crippen molar-refractivity contribution in [1.82, 2.24) is 0 Å². The molecule has 7 heteroatoms. The first-order valence-electron chi connectivity index (χ1n) is 13.8. The molecule has 43 heavy (non-hydrogen) atoms. The van der Waals surface area contributed by atoms with Gasteiger partial charge in [0.25, 0.3) is 0 Å². The number of benzene rings is 4. The summed E-state index contributed by atoms with van der Waals surface area (Å²) in [6, 6.07) is 21.8. The van der Waals surface area contributed by atoms with Crippen molar-refractivity contribution < 1.29 is 33.3 Å². The fourth-order valence-corrected chi connectivity index (χ4v) is 5.36. The topological polar surface area (TPSA) is 88.1 Å². The summed E-state index contributed by atoms with van der Waals surface area (Å²) in [4.78, 5) is 37.2. The van der Waals surface area contributed by atoms with Crippen molar-refractivity contribution in [3.05, 3.63) is 124 Å². The maximum Gasteiger partial charge on any atom is 0.343 e. The van der Waals surface area contributed by atoms with Crippen LogP contribution in [0.15, 0.2) is 85.5 Å². The molecule has 0 amide bonds. The van der Waals surface area contributed by atoms with E-state index in [2.05, 4.69) is 20.4 Å². The normalized spacial score (nSPS) is 12.5. The highest BCUT2D eigenvalue weighted by Crippen LogP contribution is 2.50. The molecule has 0 saturated heterocycles. The Morgan fingerprint density at radius 3 is 1.72 bits per heavy atom. The van der Waals surface area contributed by atoms with Gasteiger partial charge in [0.1, 0.15) is 17.2 Å². The lowest BCUT2D eigenvalue weighted by atomic mass is 9.82. The number of ether oxygens (including phenoxy) is 4. The molecule has 4 aromatic rings. The SMILES string of the molecule is C=CC(=O)OCOc1ccc(C(=O)Oc2ccc3c(c2)C(C)(C)c2cc(OC(=O)c4ccc(C)cc4C)ccc2-3)c(C)c1. The quantitative estimate of drug-likeness (QED) is 0.0933. The molecule has 0 aliphatic heterocycles. The summed E-state index contributed by atoms with van der Waals surface area (Å²) in [6.07, 6.45) is 1.05. The van der Waals surface area contributed by atoms with Gasteiger partial charge in [-0.25, -0.2) is 14.4 Å². The lowest BCUT2D eigenvalue weighted by Gasteiger charge is -2.22. The van der Waals surface area contributed by atoms with Gasteiger partial charge < -0.3 is 18.9 Å². The van der Waals surface area contributed by atoms with Crippen molar-refractivity contribution in [2.45, 2.75) is 40.0 Å². The highest BCUT2D eigenvalue weighted by molar-refractivity contribution is 5.94. The van der Waals surface area contributed by atoms with Crippen molar-refractivity contribution in [2.24, 2.45) is 0 Å². The average Bonchev–Trinajstić information content (AvgIpc) is 3.18. The number of carbonyl (C=O) groups excluding carboxylic acids is 3. The van der Waals surface area contributed by atoms with E-state index in [1.807, 2.05) is 50.2 Å². The van der Waals surface area contributed by atoms with Crippen LogP contribution in [-0.2, 0) is 14.9 Å². The zero-order valence-electron chi connectivity index (χ0n) is 24.8. The Bertz CT molecular complexity index is 1780. The number of esters is 3. The minimum absolute atomic E-state index is 0.266. The van der Waals surface area contributed by atoms with E-state index >= 15 is 0 Å². The first kappa shape index (κ1) is 29.3. The van der Waals surface area contributed by atoms with Crippen molar-refractivity contribution in [3.63, 3.8) is 0 Å². The van der Waals surface area contributed by atoms with Gasteiger partial charge >= 0.3 is 17.9 Å². The van der Waals surface area contributed by atoms with Crippen LogP contribution in [0.5, 0.6) is 17.2 Å². The Kier molecular flexibility index (Phi) is 7.91. The largest absolute Gasteiger partial charge is 0.457 e. The third kappa shape index (κ3) is 5.93. The summed E-state index contributed by atoms with van der Waals surface area (Å²) < 4.78 is 21.8. The number of hydrogen-bond acceptors (Lipinski definition) is 7. The monoisotopic (exact) mass is 576 g/mol. The van der Waals surface area contributed by atoms with Crippen LogP contribution in [0.25, 0.3) is 11.1 Å². The molecule has 0 unspecified atom stereocenters. The van der Waals surface area contributed by atoms with Gasteiger partial charge in [0.2, 0.25) is 6.79 Å². The van der Waals surface area contributed by atoms with Crippen LogP contribution in [0.1, 0.15) is 62.4 Å². The number of fused-ring (bicyclic) bond motifs is 3. The molecule has 0 heterocycles. The van der Waals surface area contributed by atoms with Crippen molar-refractivity contribution in [2.75, 3.05) is 6.79 Å². The molecule has 0 N–H and O–H groups in total. The zero-order valence-corrected chi connectivity index (χ0v) is 24.8. The van der Waals surface area contributed by atoms with E-state index in [1.54, 1.807) is 43.3 Å². The van der Waals surface area contributed by atoms with Crippen LogP contribution in [0.3, 0.4) is 0 Å². The third-order valence-corrected chi connectivity index (χ3v) is 7.65. The van der Waals surface area contributed by atoms with Crippen LogP contribution in [0.2, 0.25) is 0 Å². The molecule has 1 aliphatic carbocycles. The van der Waals surface area contributed by atoms with Crippen molar-refractivity contribution >= 4 is 17.9 Å². The van der Waals surface area contributed by atoms with E-state index < -0.39 is 23.3 Å². The summed E-state index contributed by atoms with van der Waals surface area (Å²) in [7, 11) is 0. The van der Waals surface area contributed by atoms with E-state index in [0.29, 0.717) is 33.9 Å². The molecule has 0 spiro atoms. The number of rotatable bonds is 8. The lowest BCUT2D eigenvalue weighted by Crippen LogP contribution is -2.16. The van der Waals surface area contributed by atoms with Crippen LogP contribution < -0.4 is 14.2 Å². The standard InChI is InChI=1S/C36H32O7/c1-7-33(37)41-20-40-24-9-13-28(23(4)17-24)35(39)43-26-11-15-30-29-14-10-25(18-31(29)36(5,6)32(30)19-26)42-34(38)27-12-8-21(2)16-22(27)3/h7-19H,1,20H2,2-6H3. The van der Waals surface area contributed by atoms with Gasteiger partial charge in [0.05, 0.1) is 11.1 Å².